The summed E-state index contributed by atoms with van der Waals surface area (Å²) in [5.41, 5.74) is -0.892. The van der Waals surface area contributed by atoms with Crippen LogP contribution < -0.4 is 0 Å². The van der Waals surface area contributed by atoms with Crippen molar-refractivity contribution in [2.24, 2.45) is 5.41 Å². The molecule has 5 heteroatoms. The maximum Gasteiger partial charge on any atom is 0.310 e. The molecule has 0 aromatic carbocycles. The molecule has 0 spiro atoms. The van der Waals surface area contributed by atoms with E-state index in [9.17, 15) is 14.7 Å². The summed E-state index contributed by atoms with van der Waals surface area (Å²) in [5, 5.41) is 18.5. The highest BCUT2D eigenvalue weighted by atomic mass is 16.4. The topological polar surface area (TPSA) is 77.8 Å². The van der Waals surface area contributed by atoms with Crippen molar-refractivity contribution in [3.05, 3.63) is 0 Å². The van der Waals surface area contributed by atoms with Crippen LogP contribution in [0.5, 0.6) is 0 Å². The quantitative estimate of drug-likeness (QED) is 0.720. The molecule has 5 nitrogen and oxygen atoms in total. The molecule has 110 valence electrons. The molecule has 0 radical (unpaired) electrons. The van der Waals surface area contributed by atoms with Crippen molar-refractivity contribution in [1.29, 1.82) is 0 Å². The molecule has 2 N–H and O–H groups in total. The molecule has 1 saturated carbocycles. The second-order valence-electron chi connectivity index (χ2n) is 5.37. The fourth-order valence-electron chi connectivity index (χ4n) is 2.85. The van der Waals surface area contributed by atoms with Crippen molar-refractivity contribution in [3.63, 3.8) is 0 Å². The fourth-order valence-corrected chi connectivity index (χ4v) is 2.85. The number of carbonyl (C=O) groups is 2. The van der Waals surface area contributed by atoms with Gasteiger partial charge in [0.05, 0.1) is 12.0 Å². The van der Waals surface area contributed by atoms with Gasteiger partial charge in [-0.1, -0.05) is 25.7 Å². The summed E-state index contributed by atoms with van der Waals surface area (Å²) in [5.74, 6) is -0.997. The van der Waals surface area contributed by atoms with Gasteiger partial charge in [-0.3, -0.25) is 9.59 Å². The number of nitrogens with zero attached hydrogens (tertiary/aromatic N) is 1. The number of aliphatic hydroxyl groups excluding tert-OH is 1. The fraction of sp³-hybridized carbons (Fsp3) is 0.857. The normalized spacial score (nSPS) is 18.6. The predicted molar refractivity (Wildman–Crippen MR) is 71.7 cm³/mol. The van der Waals surface area contributed by atoms with Crippen LogP contribution >= 0.6 is 0 Å². The first-order valence-electron chi connectivity index (χ1n) is 7.18. The number of rotatable bonds is 6. The van der Waals surface area contributed by atoms with Crippen LogP contribution in [0.4, 0.5) is 0 Å². The highest BCUT2D eigenvalue weighted by Gasteiger charge is 2.41. The largest absolute Gasteiger partial charge is 0.481 e. The number of hydrogen-bond donors (Lipinski definition) is 2. The maximum atomic E-state index is 12.2. The molecule has 19 heavy (non-hydrogen) atoms. The van der Waals surface area contributed by atoms with E-state index in [0.717, 1.165) is 25.7 Å². The van der Waals surface area contributed by atoms with Gasteiger partial charge in [0, 0.05) is 19.5 Å². The predicted octanol–water partition coefficient (Wildman–Crippen LogP) is 1.64. The van der Waals surface area contributed by atoms with Crippen LogP contribution in [-0.2, 0) is 9.59 Å². The summed E-state index contributed by atoms with van der Waals surface area (Å²) < 4.78 is 0. The van der Waals surface area contributed by atoms with Gasteiger partial charge in [-0.25, -0.2) is 0 Å². The zero-order valence-electron chi connectivity index (χ0n) is 11.7. The average Bonchev–Trinajstić information content (AvgIpc) is 2.62. The van der Waals surface area contributed by atoms with Crippen LogP contribution in [0.15, 0.2) is 0 Å². The van der Waals surface area contributed by atoms with Crippen LogP contribution in [-0.4, -0.2) is 46.7 Å². The van der Waals surface area contributed by atoms with Gasteiger partial charge < -0.3 is 15.1 Å². The first-order chi connectivity index (χ1) is 9.05. The van der Waals surface area contributed by atoms with Crippen LogP contribution in [0.1, 0.15) is 51.9 Å². The Hall–Kier alpha value is -1.10. The van der Waals surface area contributed by atoms with E-state index in [4.69, 9.17) is 5.11 Å². The second kappa shape index (κ2) is 7.48. The van der Waals surface area contributed by atoms with E-state index in [1.807, 2.05) is 6.92 Å². The monoisotopic (exact) mass is 271 g/mol. The number of likely N-dealkylation sites (N-methyl/N-ethyl adjacent to an activating group) is 1. The molecule has 0 heterocycles. The third-order valence-corrected chi connectivity index (χ3v) is 4.11. The summed E-state index contributed by atoms with van der Waals surface area (Å²) in [6.07, 6.45) is 5.11. The van der Waals surface area contributed by atoms with Gasteiger partial charge in [-0.2, -0.15) is 0 Å². The molecular weight excluding hydrogens is 246 g/mol. The van der Waals surface area contributed by atoms with Gasteiger partial charge in [-0.15, -0.1) is 0 Å². The van der Waals surface area contributed by atoms with Gasteiger partial charge in [0.25, 0.3) is 0 Å². The van der Waals surface area contributed by atoms with Gasteiger partial charge in [0.15, 0.2) is 0 Å². The number of amides is 1. The Morgan fingerprint density at radius 3 is 2.16 bits per heavy atom. The summed E-state index contributed by atoms with van der Waals surface area (Å²) in [6, 6.07) is 0. The van der Waals surface area contributed by atoms with E-state index in [-0.39, 0.29) is 25.5 Å². The highest BCUT2D eigenvalue weighted by molar-refractivity contribution is 5.85. The van der Waals surface area contributed by atoms with Crippen molar-refractivity contribution < 1.29 is 19.8 Å². The highest BCUT2D eigenvalue weighted by Crippen LogP contribution is 2.38. The van der Waals surface area contributed by atoms with Gasteiger partial charge >= 0.3 is 5.97 Å². The van der Waals surface area contributed by atoms with E-state index >= 15 is 0 Å². The Balaban J connectivity index is 2.77. The smallest absolute Gasteiger partial charge is 0.310 e. The minimum Gasteiger partial charge on any atom is -0.481 e. The molecule has 0 atom stereocenters. The van der Waals surface area contributed by atoms with E-state index in [1.165, 1.54) is 4.90 Å². The van der Waals surface area contributed by atoms with Crippen LogP contribution in [0.25, 0.3) is 0 Å². The molecule has 0 unspecified atom stereocenters. The molecule has 0 bridgehead atoms. The standard InChI is InChI=1S/C14H25NO4/c1-2-15(9-10-16)12(17)11-14(13(18)19)7-5-3-4-6-8-14/h16H,2-11H2,1H3,(H,18,19). The molecule has 1 aliphatic carbocycles. The van der Waals surface area contributed by atoms with Crippen molar-refractivity contribution in [2.75, 3.05) is 19.7 Å². The lowest BCUT2D eigenvalue weighted by atomic mass is 9.77. The number of carboxylic acid groups (broad SMARTS) is 1. The molecule has 1 aliphatic rings. The lowest BCUT2D eigenvalue weighted by Gasteiger charge is -2.30. The van der Waals surface area contributed by atoms with E-state index in [1.54, 1.807) is 0 Å². The third kappa shape index (κ3) is 4.20. The molecular formula is C14H25NO4. The maximum absolute atomic E-state index is 12.2. The second-order valence-corrected chi connectivity index (χ2v) is 5.37. The Bertz CT molecular complexity index is 309. The Morgan fingerprint density at radius 2 is 1.74 bits per heavy atom. The minimum atomic E-state index is -0.892. The van der Waals surface area contributed by atoms with Gasteiger partial charge in [-0.05, 0) is 19.8 Å². The van der Waals surface area contributed by atoms with Crippen molar-refractivity contribution >= 4 is 11.9 Å². The van der Waals surface area contributed by atoms with Gasteiger partial charge in [0.2, 0.25) is 5.91 Å². The van der Waals surface area contributed by atoms with E-state index < -0.39 is 11.4 Å². The molecule has 0 aromatic heterocycles. The molecule has 0 saturated heterocycles. The number of aliphatic carboxylic acids is 1. The summed E-state index contributed by atoms with van der Waals surface area (Å²) in [6.45, 7) is 2.55. The van der Waals surface area contributed by atoms with Crippen molar-refractivity contribution in [3.8, 4) is 0 Å². The first kappa shape index (κ1) is 16.0. The third-order valence-electron chi connectivity index (χ3n) is 4.11. The number of hydrogen-bond acceptors (Lipinski definition) is 3. The SMILES string of the molecule is CCN(CCO)C(=O)CC1(C(=O)O)CCCCCC1. The van der Waals surface area contributed by atoms with E-state index in [2.05, 4.69) is 0 Å². The summed E-state index contributed by atoms with van der Waals surface area (Å²) in [4.78, 5) is 25.4. The van der Waals surface area contributed by atoms with Crippen molar-refractivity contribution in [1.82, 2.24) is 4.90 Å². The number of aliphatic hydroxyl groups is 1. The Labute approximate surface area is 114 Å². The van der Waals surface area contributed by atoms with Gasteiger partial charge in [0.1, 0.15) is 0 Å². The molecule has 0 aromatic rings. The zero-order chi connectivity index (χ0) is 14.3. The Morgan fingerprint density at radius 1 is 1.16 bits per heavy atom. The van der Waals surface area contributed by atoms with Crippen LogP contribution in [0.2, 0.25) is 0 Å². The minimum absolute atomic E-state index is 0.0656. The number of carboxylic acids is 1. The van der Waals surface area contributed by atoms with Crippen LogP contribution in [0, 0.1) is 5.41 Å². The van der Waals surface area contributed by atoms with Crippen molar-refractivity contribution in [2.45, 2.75) is 51.9 Å². The Kier molecular flexibility index (Phi) is 6.28. The molecule has 1 rings (SSSR count). The lowest BCUT2D eigenvalue weighted by molar-refractivity contribution is -0.154. The molecule has 1 fully saturated rings. The first-order valence-corrected chi connectivity index (χ1v) is 7.18. The average molecular weight is 271 g/mol. The van der Waals surface area contributed by atoms with Crippen LogP contribution in [0.3, 0.4) is 0 Å². The summed E-state index contributed by atoms with van der Waals surface area (Å²) in [7, 11) is 0. The molecule has 0 aliphatic heterocycles. The molecule has 1 amide bonds. The van der Waals surface area contributed by atoms with E-state index in [0.29, 0.717) is 19.4 Å². The lowest BCUT2D eigenvalue weighted by Crippen LogP contribution is -2.40. The number of carbonyl (C=O) groups excluding carboxylic acids is 1. The summed E-state index contributed by atoms with van der Waals surface area (Å²) >= 11 is 0. The zero-order valence-corrected chi connectivity index (χ0v) is 11.7.